The van der Waals surface area contributed by atoms with E-state index < -0.39 is 11.9 Å². The second kappa shape index (κ2) is 13.5. The molecule has 4 rings (SSSR count). The van der Waals surface area contributed by atoms with Crippen LogP contribution in [-0.4, -0.2) is 37.1 Å². The Morgan fingerprint density at radius 1 is 0.976 bits per heavy atom. The van der Waals surface area contributed by atoms with E-state index in [0.29, 0.717) is 44.4 Å². The van der Waals surface area contributed by atoms with Gasteiger partial charge in [-0.3, -0.25) is 9.59 Å². The highest BCUT2D eigenvalue weighted by Crippen LogP contribution is 2.41. The third-order valence-corrected chi connectivity index (χ3v) is 7.46. The lowest BCUT2D eigenvalue weighted by Crippen LogP contribution is -2.31. The smallest absolute Gasteiger partial charge is 0.338 e. The fourth-order valence-electron chi connectivity index (χ4n) is 4.41. The molecule has 0 unspecified atom stereocenters. The number of esters is 1. The summed E-state index contributed by atoms with van der Waals surface area (Å²) in [6.45, 7) is 3.77. The lowest BCUT2D eigenvalue weighted by atomic mass is 9.82. The zero-order valence-electron chi connectivity index (χ0n) is 22.9. The molecule has 1 aliphatic rings. The average molecular weight is 568 g/mol. The predicted molar refractivity (Wildman–Crippen MR) is 158 cm³/mol. The first-order chi connectivity index (χ1) is 19.9. The molecule has 0 saturated carbocycles. The monoisotopic (exact) mass is 567 g/mol. The van der Waals surface area contributed by atoms with Crippen molar-refractivity contribution in [2.45, 2.75) is 19.8 Å². The number of allylic oxidation sites excluding steroid dienone is 2. The Kier molecular flexibility index (Phi) is 9.61. The third kappa shape index (κ3) is 6.86. The van der Waals surface area contributed by atoms with Gasteiger partial charge in [-0.2, -0.15) is 5.26 Å². The van der Waals surface area contributed by atoms with Gasteiger partial charge in [-0.05, 0) is 67.9 Å². The first-order valence-corrected chi connectivity index (χ1v) is 13.9. The standard InChI is InChI=1S/C32H29N3O5S/c1-4-40-32(38)23-10-14-24(15-11-23)35-30(37)28-20(2)34-31(26(18-33)29(28)22-8-6-5-7-9-22)41-19-27(36)21-12-16-25(39-3)17-13-21/h5-17,29,34H,4,19H2,1-3H3,(H,35,37)/t29-/m0/s1. The molecule has 0 aliphatic carbocycles. The Hall–Kier alpha value is -4.81. The molecular weight excluding hydrogens is 538 g/mol. The molecule has 8 nitrogen and oxygen atoms in total. The second-order valence-electron chi connectivity index (χ2n) is 9.05. The fraction of sp³-hybridized carbons (Fsp3) is 0.188. The molecule has 3 aromatic carbocycles. The highest BCUT2D eigenvalue weighted by Gasteiger charge is 2.35. The number of carbonyl (C=O) groups excluding carboxylic acids is 3. The second-order valence-corrected chi connectivity index (χ2v) is 10.0. The molecule has 1 amide bonds. The van der Waals surface area contributed by atoms with Crippen LogP contribution in [0.15, 0.2) is 101 Å². The number of thioether (sulfide) groups is 1. The van der Waals surface area contributed by atoms with E-state index in [2.05, 4.69) is 16.7 Å². The predicted octanol–water partition coefficient (Wildman–Crippen LogP) is 5.82. The summed E-state index contributed by atoms with van der Waals surface area (Å²) in [5, 5.41) is 16.9. The number of nitrogens with one attached hydrogen (secondary N) is 2. The van der Waals surface area contributed by atoms with Crippen LogP contribution >= 0.6 is 11.8 Å². The molecule has 0 aromatic heterocycles. The zero-order valence-corrected chi connectivity index (χ0v) is 23.7. The molecule has 1 atom stereocenters. The summed E-state index contributed by atoms with van der Waals surface area (Å²) >= 11 is 1.23. The molecule has 0 fully saturated rings. The van der Waals surface area contributed by atoms with Crippen molar-refractivity contribution in [2.75, 3.05) is 24.8 Å². The number of amides is 1. The van der Waals surface area contributed by atoms with E-state index in [1.54, 1.807) is 69.5 Å². The zero-order chi connectivity index (χ0) is 29.4. The number of methoxy groups -OCH3 is 1. The van der Waals surface area contributed by atoms with Gasteiger partial charge in [0.1, 0.15) is 5.75 Å². The minimum absolute atomic E-state index is 0.100. The Labute approximate surface area is 243 Å². The van der Waals surface area contributed by atoms with Gasteiger partial charge in [0.05, 0.1) is 47.6 Å². The lowest BCUT2D eigenvalue weighted by Gasteiger charge is -2.30. The summed E-state index contributed by atoms with van der Waals surface area (Å²) in [7, 11) is 1.56. The van der Waals surface area contributed by atoms with Gasteiger partial charge in [0.25, 0.3) is 5.91 Å². The third-order valence-electron chi connectivity index (χ3n) is 6.44. The van der Waals surface area contributed by atoms with E-state index in [4.69, 9.17) is 9.47 Å². The summed E-state index contributed by atoms with van der Waals surface area (Å²) < 4.78 is 10.2. The van der Waals surface area contributed by atoms with E-state index in [1.807, 2.05) is 30.3 Å². The van der Waals surface area contributed by atoms with Gasteiger partial charge in [-0.25, -0.2) is 4.79 Å². The molecule has 0 saturated heterocycles. The van der Waals surface area contributed by atoms with Crippen LogP contribution < -0.4 is 15.4 Å². The molecule has 1 aliphatic heterocycles. The van der Waals surface area contributed by atoms with Gasteiger partial charge in [-0.1, -0.05) is 42.1 Å². The summed E-state index contributed by atoms with van der Waals surface area (Å²) in [5.74, 6) is -0.826. The van der Waals surface area contributed by atoms with E-state index in [1.165, 1.54) is 11.8 Å². The highest BCUT2D eigenvalue weighted by molar-refractivity contribution is 8.03. The molecule has 208 valence electrons. The number of rotatable bonds is 10. The van der Waals surface area contributed by atoms with Crippen LogP contribution in [0.3, 0.4) is 0 Å². The summed E-state index contributed by atoms with van der Waals surface area (Å²) in [5.41, 5.74) is 3.47. The minimum Gasteiger partial charge on any atom is -0.497 e. The van der Waals surface area contributed by atoms with Crippen molar-refractivity contribution in [3.63, 3.8) is 0 Å². The van der Waals surface area contributed by atoms with Crippen molar-refractivity contribution in [3.05, 3.63) is 117 Å². The summed E-state index contributed by atoms with van der Waals surface area (Å²) in [4.78, 5) is 38.5. The normalized spacial score (nSPS) is 14.5. The number of hydrogen-bond donors (Lipinski definition) is 2. The average Bonchev–Trinajstić information content (AvgIpc) is 3.00. The van der Waals surface area contributed by atoms with Gasteiger partial charge >= 0.3 is 5.97 Å². The number of Topliss-reactive ketones (excluding diaryl/α,β-unsaturated/α-hetero) is 1. The molecule has 1 heterocycles. The maximum absolute atomic E-state index is 13.7. The van der Waals surface area contributed by atoms with Gasteiger partial charge in [-0.15, -0.1) is 0 Å². The van der Waals surface area contributed by atoms with Crippen molar-refractivity contribution >= 4 is 35.1 Å². The van der Waals surface area contributed by atoms with Crippen LogP contribution in [-0.2, 0) is 9.53 Å². The van der Waals surface area contributed by atoms with Crippen molar-refractivity contribution in [2.24, 2.45) is 0 Å². The molecular formula is C32H29N3O5S. The van der Waals surface area contributed by atoms with Crippen LogP contribution in [0.1, 0.15) is 46.0 Å². The Balaban J connectivity index is 1.60. The summed E-state index contributed by atoms with van der Waals surface area (Å²) in [6, 6.07) is 24.9. The lowest BCUT2D eigenvalue weighted by molar-refractivity contribution is -0.113. The van der Waals surface area contributed by atoms with Crippen LogP contribution in [0.4, 0.5) is 5.69 Å². The molecule has 0 bridgehead atoms. The number of carbonyl (C=O) groups is 3. The maximum Gasteiger partial charge on any atom is 0.338 e. The highest BCUT2D eigenvalue weighted by atomic mass is 32.2. The Morgan fingerprint density at radius 3 is 2.24 bits per heavy atom. The van der Waals surface area contributed by atoms with Crippen LogP contribution in [0, 0.1) is 11.3 Å². The molecule has 9 heteroatoms. The van der Waals surface area contributed by atoms with E-state index >= 15 is 0 Å². The number of hydrogen-bond acceptors (Lipinski definition) is 8. The SMILES string of the molecule is CCOC(=O)c1ccc(NC(=O)C2=C(C)NC(SCC(=O)c3ccc(OC)cc3)=C(C#N)[C@@H]2c2ccccc2)cc1. The van der Waals surface area contributed by atoms with E-state index in [-0.39, 0.29) is 24.1 Å². The van der Waals surface area contributed by atoms with Gasteiger partial charge < -0.3 is 20.1 Å². The molecule has 0 radical (unpaired) electrons. The molecule has 41 heavy (non-hydrogen) atoms. The van der Waals surface area contributed by atoms with Gasteiger partial charge in [0, 0.05) is 22.5 Å². The van der Waals surface area contributed by atoms with E-state index in [9.17, 15) is 19.6 Å². The number of ether oxygens (including phenoxy) is 2. The van der Waals surface area contributed by atoms with Crippen molar-refractivity contribution in [3.8, 4) is 11.8 Å². The molecule has 0 spiro atoms. The number of dihydropyridines is 1. The summed E-state index contributed by atoms with van der Waals surface area (Å²) in [6.07, 6.45) is 0. The van der Waals surface area contributed by atoms with Crippen LogP contribution in [0.5, 0.6) is 5.75 Å². The Bertz CT molecular complexity index is 1540. The first kappa shape index (κ1) is 29.2. The number of benzene rings is 3. The van der Waals surface area contributed by atoms with Crippen LogP contribution in [0.2, 0.25) is 0 Å². The van der Waals surface area contributed by atoms with Crippen molar-refractivity contribution in [1.82, 2.24) is 5.32 Å². The largest absolute Gasteiger partial charge is 0.497 e. The minimum atomic E-state index is -0.653. The Morgan fingerprint density at radius 2 is 1.63 bits per heavy atom. The van der Waals surface area contributed by atoms with E-state index in [0.717, 1.165) is 5.56 Å². The van der Waals surface area contributed by atoms with Crippen molar-refractivity contribution in [1.29, 1.82) is 5.26 Å². The quantitative estimate of drug-likeness (QED) is 0.232. The number of nitriles is 1. The molecule has 2 N–H and O–H groups in total. The maximum atomic E-state index is 13.7. The topological polar surface area (TPSA) is 118 Å². The fourth-order valence-corrected chi connectivity index (χ4v) is 5.39. The number of ketones is 1. The molecule has 3 aromatic rings. The van der Waals surface area contributed by atoms with Crippen molar-refractivity contribution < 1.29 is 23.9 Å². The first-order valence-electron chi connectivity index (χ1n) is 12.9. The number of anilines is 1. The number of nitrogens with zero attached hydrogens (tertiary/aromatic N) is 1. The van der Waals surface area contributed by atoms with Gasteiger partial charge in [0.2, 0.25) is 0 Å². The van der Waals surface area contributed by atoms with Gasteiger partial charge in [0.15, 0.2) is 5.78 Å². The van der Waals surface area contributed by atoms with Crippen LogP contribution in [0.25, 0.3) is 0 Å².